The molecule has 3 rings (SSSR count). The van der Waals surface area contributed by atoms with Crippen LogP contribution in [0.1, 0.15) is 51.4 Å². The molecule has 3 saturated heterocycles. The van der Waals surface area contributed by atoms with Crippen LogP contribution in [0.5, 0.6) is 0 Å². The monoisotopic (exact) mass is 293 g/mol. The molecule has 120 valence electrons. The summed E-state index contributed by atoms with van der Waals surface area (Å²) in [6.07, 6.45) is 10.3. The predicted molar refractivity (Wildman–Crippen MR) is 85.3 cm³/mol. The minimum absolute atomic E-state index is 0.376. The van der Waals surface area contributed by atoms with E-state index >= 15 is 0 Å². The van der Waals surface area contributed by atoms with Crippen molar-refractivity contribution in [2.24, 2.45) is 5.41 Å². The topological polar surface area (TPSA) is 35.6 Å². The lowest BCUT2D eigenvalue weighted by Crippen LogP contribution is -2.50. The van der Waals surface area contributed by atoms with Crippen LogP contribution in [-0.2, 0) is 4.79 Å². The third kappa shape index (κ3) is 3.98. The smallest absolute Gasteiger partial charge is 0.236 e. The van der Waals surface area contributed by atoms with E-state index in [1.807, 2.05) is 0 Å². The van der Waals surface area contributed by atoms with Gasteiger partial charge in [0.05, 0.1) is 6.54 Å². The van der Waals surface area contributed by atoms with Crippen molar-refractivity contribution < 1.29 is 4.79 Å². The quantitative estimate of drug-likeness (QED) is 0.844. The third-order valence-electron chi connectivity index (χ3n) is 5.65. The van der Waals surface area contributed by atoms with Crippen molar-refractivity contribution in [3.8, 4) is 0 Å². The SMILES string of the molecule is O=C(CN1CCCCCCC1)N1CCC[C@@]2(CCNC2)C1. The van der Waals surface area contributed by atoms with Gasteiger partial charge in [0.25, 0.3) is 0 Å². The van der Waals surface area contributed by atoms with Crippen LogP contribution in [-0.4, -0.2) is 61.5 Å². The average molecular weight is 293 g/mol. The van der Waals surface area contributed by atoms with Crippen LogP contribution in [0.3, 0.4) is 0 Å². The minimum Gasteiger partial charge on any atom is -0.341 e. The Morgan fingerprint density at radius 3 is 2.43 bits per heavy atom. The van der Waals surface area contributed by atoms with E-state index in [2.05, 4.69) is 15.1 Å². The molecule has 0 aromatic rings. The summed E-state index contributed by atoms with van der Waals surface area (Å²) in [6.45, 7) is 7.11. The van der Waals surface area contributed by atoms with E-state index in [4.69, 9.17) is 0 Å². The molecule has 3 heterocycles. The van der Waals surface area contributed by atoms with E-state index in [-0.39, 0.29) is 0 Å². The standard InChI is InChI=1S/C17H31N3O/c21-16(13-19-10-4-2-1-3-5-11-19)20-12-6-7-17(15-20)8-9-18-14-17/h18H,1-15H2/t17-/m0/s1. The van der Waals surface area contributed by atoms with Gasteiger partial charge in [-0.15, -0.1) is 0 Å². The highest BCUT2D eigenvalue weighted by molar-refractivity contribution is 5.78. The molecule has 4 heteroatoms. The Hall–Kier alpha value is -0.610. The molecule has 0 aromatic heterocycles. The van der Waals surface area contributed by atoms with Crippen LogP contribution in [0.15, 0.2) is 0 Å². The summed E-state index contributed by atoms with van der Waals surface area (Å²) in [4.78, 5) is 17.2. The largest absolute Gasteiger partial charge is 0.341 e. The summed E-state index contributed by atoms with van der Waals surface area (Å²) in [5, 5.41) is 3.49. The first-order valence-electron chi connectivity index (χ1n) is 8.98. The molecule has 21 heavy (non-hydrogen) atoms. The molecular formula is C17H31N3O. The highest BCUT2D eigenvalue weighted by Crippen LogP contribution is 2.35. The number of carbonyl (C=O) groups excluding carboxylic acids is 1. The summed E-state index contributed by atoms with van der Waals surface area (Å²) < 4.78 is 0. The fourth-order valence-electron chi connectivity index (χ4n) is 4.33. The number of nitrogens with one attached hydrogen (secondary N) is 1. The van der Waals surface area contributed by atoms with Crippen molar-refractivity contribution >= 4 is 5.91 Å². The molecule has 1 atom stereocenters. The Kier molecular flexibility index (Phi) is 5.17. The van der Waals surface area contributed by atoms with Gasteiger partial charge < -0.3 is 10.2 Å². The van der Waals surface area contributed by atoms with E-state index in [9.17, 15) is 4.79 Å². The van der Waals surface area contributed by atoms with Crippen LogP contribution >= 0.6 is 0 Å². The van der Waals surface area contributed by atoms with Crippen LogP contribution in [0.4, 0.5) is 0 Å². The van der Waals surface area contributed by atoms with E-state index < -0.39 is 0 Å². The predicted octanol–water partition coefficient (Wildman–Crippen LogP) is 1.85. The Labute approximate surface area is 129 Å². The van der Waals surface area contributed by atoms with Crippen molar-refractivity contribution in [3.63, 3.8) is 0 Å². The van der Waals surface area contributed by atoms with Crippen molar-refractivity contribution in [1.82, 2.24) is 15.1 Å². The average Bonchev–Trinajstić information content (AvgIpc) is 2.89. The van der Waals surface area contributed by atoms with Crippen molar-refractivity contribution in [1.29, 1.82) is 0 Å². The molecule has 3 aliphatic rings. The maximum Gasteiger partial charge on any atom is 0.236 e. The molecule has 0 aromatic carbocycles. The Bertz CT molecular complexity index is 344. The normalized spacial score (nSPS) is 32.1. The van der Waals surface area contributed by atoms with Crippen LogP contribution in [0, 0.1) is 5.41 Å². The summed E-state index contributed by atoms with van der Waals surface area (Å²) in [5.74, 6) is 0.376. The van der Waals surface area contributed by atoms with Crippen LogP contribution in [0.2, 0.25) is 0 Å². The number of likely N-dealkylation sites (tertiary alicyclic amines) is 2. The van der Waals surface area contributed by atoms with Gasteiger partial charge in [-0.1, -0.05) is 19.3 Å². The number of rotatable bonds is 2. The summed E-state index contributed by atoms with van der Waals surface area (Å²) in [6, 6.07) is 0. The summed E-state index contributed by atoms with van der Waals surface area (Å²) >= 11 is 0. The molecule has 0 radical (unpaired) electrons. The first-order chi connectivity index (χ1) is 10.3. The molecule has 0 unspecified atom stereocenters. The Morgan fingerprint density at radius 1 is 0.952 bits per heavy atom. The maximum atomic E-state index is 12.7. The summed E-state index contributed by atoms with van der Waals surface area (Å²) in [7, 11) is 0. The van der Waals surface area contributed by atoms with Crippen molar-refractivity contribution in [2.75, 3.05) is 45.8 Å². The van der Waals surface area contributed by atoms with E-state index in [1.54, 1.807) is 0 Å². The van der Waals surface area contributed by atoms with E-state index in [0.717, 1.165) is 39.3 Å². The number of carbonyl (C=O) groups is 1. The second kappa shape index (κ2) is 7.10. The molecular weight excluding hydrogens is 262 g/mol. The zero-order chi connectivity index (χ0) is 14.5. The molecule has 3 fully saturated rings. The summed E-state index contributed by atoms with van der Waals surface area (Å²) in [5.41, 5.74) is 0.393. The molecule has 0 bridgehead atoms. The van der Waals surface area contributed by atoms with Gasteiger partial charge in [0.2, 0.25) is 5.91 Å². The maximum absolute atomic E-state index is 12.7. The number of piperidine rings is 1. The van der Waals surface area contributed by atoms with Gasteiger partial charge in [0.15, 0.2) is 0 Å². The highest BCUT2D eigenvalue weighted by atomic mass is 16.2. The molecule has 3 aliphatic heterocycles. The van der Waals surface area contributed by atoms with Gasteiger partial charge in [-0.2, -0.15) is 0 Å². The molecule has 4 nitrogen and oxygen atoms in total. The molecule has 1 spiro atoms. The van der Waals surface area contributed by atoms with Crippen molar-refractivity contribution in [3.05, 3.63) is 0 Å². The van der Waals surface area contributed by atoms with Gasteiger partial charge in [-0.05, 0) is 51.7 Å². The second-order valence-electron chi connectivity index (χ2n) is 7.39. The number of hydrogen-bond donors (Lipinski definition) is 1. The molecule has 1 N–H and O–H groups in total. The molecule has 1 amide bonds. The zero-order valence-electron chi connectivity index (χ0n) is 13.4. The van der Waals surface area contributed by atoms with Gasteiger partial charge in [0.1, 0.15) is 0 Å². The van der Waals surface area contributed by atoms with Gasteiger partial charge in [-0.3, -0.25) is 9.69 Å². The molecule has 0 aliphatic carbocycles. The minimum atomic E-state index is 0.376. The van der Waals surface area contributed by atoms with Crippen molar-refractivity contribution in [2.45, 2.75) is 51.4 Å². The number of amides is 1. The first kappa shape index (κ1) is 15.3. The van der Waals surface area contributed by atoms with Gasteiger partial charge in [0, 0.05) is 25.0 Å². The lowest BCUT2D eigenvalue weighted by atomic mass is 9.79. The third-order valence-corrected chi connectivity index (χ3v) is 5.65. The van der Waals surface area contributed by atoms with E-state index in [0.29, 0.717) is 17.9 Å². The number of nitrogens with zero attached hydrogens (tertiary/aromatic N) is 2. The van der Waals surface area contributed by atoms with Gasteiger partial charge >= 0.3 is 0 Å². The fourth-order valence-corrected chi connectivity index (χ4v) is 4.33. The first-order valence-corrected chi connectivity index (χ1v) is 8.98. The fraction of sp³-hybridized carbons (Fsp3) is 0.941. The second-order valence-corrected chi connectivity index (χ2v) is 7.39. The number of hydrogen-bond acceptors (Lipinski definition) is 3. The lowest BCUT2D eigenvalue weighted by molar-refractivity contribution is -0.135. The van der Waals surface area contributed by atoms with Crippen LogP contribution < -0.4 is 5.32 Å². The highest BCUT2D eigenvalue weighted by Gasteiger charge is 2.39. The van der Waals surface area contributed by atoms with E-state index in [1.165, 1.54) is 51.4 Å². The lowest BCUT2D eigenvalue weighted by Gasteiger charge is -2.40. The van der Waals surface area contributed by atoms with Crippen LogP contribution in [0.25, 0.3) is 0 Å². The Morgan fingerprint density at radius 2 is 1.71 bits per heavy atom. The van der Waals surface area contributed by atoms with Gasteiger partial charge in [-0.25, -0.2) is 0 Å². The Balaban J connectivity index is 1.51. The zero-order valence-corrected chi connectivity index (χ0v) is 13.4. The molecule has 0 saturated carbocycles.